The van der Waals surface area contributed by atoms with Crippen LogP contribution in [0.25, 0.3) is 0 Å². The third kappa shape index (κ3) is 3.40. The summed E-state index contributed by atoms with van der Waals surface area (Å²) in [6.07, 6.45) is 3.32. The average Bonchev–Trinajstić information content (AvgIpc) is 2.27. The number of hydrogen-bond acceptors (Lipinski definition) is 4. The minimum Gasteiger partial charge on any atom is -0.378 e. The SMILES string of the molecule is CCOC1CC(NS(=O)(=O)C2CCNCC2)C1. The summed E-state index contributed by atoms with van der Waals surface area (Å²) in [6.45, 7) is 4.28. The van der Waals surface area contributed by atoms with Crippen LogP contribution >= 0.6 is 0 Å². The van der Waals surface area contributed by atoms with Crippen LogP contribution in [0.1, 0.15) is 32.6 Å². The van der Waals surface area contributed by atoms with Crippen molar-refractivity contribution in [2.45, 2.75) is 50.0 Å². The highest BCUT2D eigenvalue weighted by Gasteiger charge is 2.35. The number of ether oxygens (including phenoxy) is 1. The number of piperidine rings is 1. The lowest BCUT2D eigenvalue weighted by molar-refractivity contribution is -0.00482. The van der Waals surface area contributed by atoms with Gasteiger partial charge in [0, 0.05) is 12.6 Å². The molecule has 2 N–H and O–H groups in total. The molecule has 1 aliphatic carbocycles. The van der Waals surface area contributed by atoms with Crippen molar-refractivity contribution in [3.8, 4) is 0 Å². The van der Waals surface area contributed by atoms with Crippen molar-refractivity contribution in [1.29, 1.82) is 0 Å². The zero-order chi connectivity index (χ0) is 12.3. The number of rotatable bonds is 5. The highest BCUT2D eigenvalue weighted by atomic mass is 32.2. The van der Waals surface area contributed by atoms with Crippen LogP contribution in [0.3, 0.4) is 0 Å². The van der Waals surface area contributed by atoms with Gasteiger partial charge in [-0.05, 0) is 45.7 Å². The molecule has 0 radical (unpaired) electrons. The Morgan fingerprint density at radius 1 is 1.29 bits per heavy atom. The summed E-state index contributed by atoms with van der Waals surface area (Å²) in [5.41, 5.74) is 0. The minimum atomic E-state index is -3.13. The second kappa shape index (κ2) is 5.65. The second-order valence-electron chi connectivity index (χ2n) is 4.86. The molecule has 2 rings (SSSR count). The molecule has 1 heterocycles. The van der Waals surface area contributed by atoms with Crippen molar-refractivity contribution in [2.75, 3.05) is 19.7 Å². The van der Waals surface area contributed by atoms with Gasteiger partial charge in [-0.3, -0.25) is 0 Å². The first-order chi connectivity index (χ1) is 8.12. The van der Waals surface area contributed by atoms with Crippen molar-refractivity contribution in [3.05, 3.63) is 0 Å². The molecule has 2 aliphatic rings. The van der Waals surface area contributed by atoms with Gasteiger partial charge in [-0.25, -0.2) is 13.1 Å². The van der Waals surface area contributed by atoms with Gasteiger partial charge >= 0.3 is 0 Å². The molecule has 0 aromatic heterocycles. The van der Waals surface area contributed by atoms with Crippen LogP contribution in [0.4, 0.5) is 0 Å². The van der Waals surface area contributed by atoms with Crippen molar-refractivity contribution >= 4 is 10.0 Å². The molecule has 17 heavy (non-hydrogen) atoms. The van der Waals surface area contributed by atoms with Crippen molar-refractivity contribution < 1.29 is 13.2 Å². The molecule has 1 saturated heterocycles. The Hall–Kier alpha value is -0.170. The van der Waals surface area contributed by atoms with Crippen LogP contribution in [0, 0.1) is 0 Å². The van der Waals surface area contributed by atoms with E-state index in [0.29, 0.717) is 6.61 Å². The predicted octanol–water partition coefficient (Wildman–Crippen LogP) is 0.225. The second-order valence-corrected chi connectivity index (χ2v) is 6.85. The van der Waals surface area contributed by atoms with Gasteiger partial charge in [0.05, 0.1) is 11.4 Å². The van der Waals surface area contributed by atoms with E-state index in [0.717, 1.165) is 38.8 Å². The van der Waals surface area contributed by atoms with Crippen molar-refractivity contribution in [2.24, 2.45) is 0 Å². The first-order valence-electron chi connectivity index (χ1n) is 6.45. The fourth-order valence-corrected chi connectivity index (χ4v) is 4.17. The molecule has 5 nitrogen and oxygen atoms in total. The summed E-state index contributed by atoms with van der Waals surface area (Å²) in [6, 6.07) is 0.0893. The summed E-state index contributed by atoms with van der Waals surface area (Å²) in [7, 11) is -3.13. The fourth-order valence-electron chi connectivity index (χ4n) is 2.47. The quantitative estimate of drug-likeness (QED) is 0.744. The van der Waals surface area contributed by atoms with Crippen LogP contribution in [0.15, 0.2) is 0 Å². The lowest BCUT2D eigenvalue weighted by Crippen LogP contribution is -2.51. The Morgan fingerprint density at radius 2 is 1.94 bits per heavy atom. The minimum absolute atomic E-state index is 0.0893. The molecule has 0 amide bonds. The Morgan fingerprint density at radius 3 is 2.53 bits per heavy atom. The van der Waals surface area contributed by atoms with Crippen LogP contribution < -0.4 is 10.0 Å². The van der Waals surface area contributed by atoms with Crippen LogP contribution in [-0.2, 0) is 14.8 Å². The van der Waals surface area contributed by atoms with Gasteiger partial charge in [0.2, 0.25) is 10.0 Å². The zero-order valence-corrected chi connectivity index (χ0v) is 11.1. The highest BCUT2D eigenvalue weighted by Crippen LogP contribution is 2.25. The molecule has 0 aromatic carbocycles. The predicted molar refractivity (Wildman–Crippen MR) is 66.4 cm³/mol. The fraction of sp³-hybridized carbons (Fsp3) is 1.00. The summed E-state index contributed by atoms with van der Waals surface area (Å²) < 4.78 is 32.4. The monoisotopic (exact) mass is 262 g/mol. The molecule has 6 heteroatoms. The largest absolute Gasteiger partial charge is 0.378 e. The molecular weight excluding hydrogens is 240 g/mol. The van der Waals surface area contributed by atoms with E-state index in [1.807, 2.05) is 6.92 Å². The van der Waals surface area contributed by atoms with E-state index in [1.54, 1.807) is 0 Å². The molecule has 0 unspecified atom stereocenters. The smallest absolute Gasteiger partial charge is 0.214 e. The maximum Gasteiger partial charge on any atom is 0.214 e. The van der Waals surface area contributed by atoms with Gasteiger partial charge in [-0.1, -0.05) is 0 Å². The topological polar surface area (TPSA) is 67.4 Å². The highest BCUT2D eigenvalue weighted by molar-refractivity contribution is 7.90. The van der Waals surface area contributed by atoms with E-state index in [2.05, 4.69) is 10.0 Å². The number of sulfonamides is 1. The van der Waals surface area contributed by atoms with E-state index in [9.17, 15) is 8.42 Å². The van der Waals surface area contributed by atoms with E-state index in [4.69, 9.17) is 4.74 Å². The molecular formula is C11H22N2O3S. The summed E-state index contributed by atoms with van der Waals surface area (Å²) >= 11 is 0. The summed E-state index contributed by atoms with van der Waals surface area (Å²) in [4.78, 5) is 0. The first-order valence-corrected chi connectivity index (χ1v) is 8.00. The number of hydrogen-bond donors (Lipinski definition) is 2. The van der Waals surface area contributed by atoms with Crippen molar-refractivity contribution in [1.82, 2.24) is 10.0 Å². The standard InChI is InChI=1S/C11H22N2O3S/c1-2-16-10-7-9(8-10)13-17(14,15)11-3-5-12-6-4-11/h9-13H,2-8H2,1H3. The Kier molecular flexibility index (Phi) is 4.41. The molecule has 100 valence electrons. The van der Waals surface area contributed by atoms with Gasteiger partial charge in [-0.15, -0.1) is 0 Å². The third-order valence-corrected chi connectivity index (χ3v) is 5.56. The van der Waals surface area contributed by atoms with E-state index in [1.165, 1.54) is 0 Å². The molecule has 0 atom stereocenters. The van der Waals surface area contributed by atoms with Crippen LogP contribution in [-0.4, -0.2) is 45.5 Å². The van der Waals surface area contributed by atoms with Gasteiger partial charge in [0.25, 0.3) is 0 Å². The summed E-state index contributed by atoms with van der Waals surface area (Å²) in [5, 5.41) is 2.97. The van der Waals surface area contributed by atoms with Gasteiger partial charge in [0.1, 0.15) is 0 Å². The zero-order valence-electron chi connectivity index (χ0n) is 10.3. The normalized spacial score (nSPS) is 31.1. The Bertz CT molecular complexity index is 333. The molecule has 0 bridgehead atoms. The average molecular weight is 262 g/mol. The number of nitrogens with one attached hydrogen (secondary N) is 2. The maximum atomic E-state index is 12.1. The van der Waals surface area contributed by atoms with E-state index < -0.39 is 10.0 Å². The molecule has 0 aromatic rings. The van der Waals surface area contributed by atoms with E-state index >= 15 is 0 Å². The molecule has 0 spiro atoms. The Balaban J connectivity index is 1.78. The Labute approximate surface area is 103 Å². The third-order valence-electron chi connectivity index (χ3n) is 3.55. The summed E-state index contributed by atoms with van der Waals surface area (Å²) in [5.74, 6) is 0. The maximum absolute atomic E-state index is 12.1. The molecule has 1 aliphatic heterocycles. The van der Waals surface area contributed by atoms with Gasteiger partial charge in [-0.2, -0.15) is 0 Å². The van der Waals surface area contributed by atoms with Gasteiger partial charge < -0.3 is 10.1 Å². The van der Waals surface area contributed by atoms with Crippen molar-refractivity contribution in [3.63, 3.8) is 0 Å². The van der Waals surface area contributed by atoms with Gasteiger partial charge in [0.15, 0.2) is 0 Å². The van der Waals surface area contributed by atoms with E-state index in [-0.39, 0.29) is 17.4 Å². The lowest BCUT2D eigenvalue weighted by Gasteiger charge is -2.36. The molecule has 1 saturated carbocycles. The first kappa shape index (κ1) is 13.3. The molecule has 2 fully saturated rings. The lowest BCUT2D eigenvalue weighted by atomic mass is 9.90. The van der Waals surface area contributed by atoms with Crippen LogP contribution in [0.5, 0.6) is 0 Å². The van der Waals surface area contributed by atoms with Crippen LogP contribution in [0.2, 0.25) is 0 Å².